The van der Waals surface area contributed by atoms with Crippen LogP contribution in [0.5, 0.6) is 0 Å². The molecule has 0 aliphatic rings. The van der Waals surface area contributed by atoms with Crippen LogP contribution in [0.3, 0.4) is 0 Å². The van der Waals surface area contributed by atoms with Crippen LogP contribution in [0.1, 0.15) is 27.2 Å². The van der Waals surface area contributed by atoms with E-state index < -0.39 is 0 Å². The molecule has 21 heavy (non-hydrogen) atoms. The molecule has 0 bridgehead atoms. The van der Waals surface area contributed by atoms with Gasteiger partial charge in [-0.1, -0.05) is 47.2 Å². The van der Waals surface area contributed by atoms with E-state index in [0.29, 0.717) is 5.69 Å². The molecule has 0 aliphatic heterocycles. The maximum absolute atomic E-state index is 11.3. The van der Waals surface area contributed by atoms with Gasteiger partial charge in [0.2, 0.25) is 0 Å². The first-order valence-electron chi connectivity index (χ1n) is 6.79. The quantitative estimate of drug-likeness (QED) is 0.538. The number of carbonyl (C=O) groups is 1. The highest BCUT2D eigenvalue weighted by molar-refractivity contribution is 7.98. The van der Waals surface area contributed by atoms with Gasteiger partial charge in [-0.05, 0) is 31.5 Å². The highest BCUT2D eigenvalue weighted by atomic mass is 32.2. The lowest BCUT2D eigenvalue weighted by Gasteiger charge is -2.04. The maximum Gasteiger partial charge on any atom is 0.169 e. The van der Waals surface area contributed by atoms with Gasteiger partial charge in [0.15, 0.2) is 6.29 Å². The molecule has 3 aromatic rings. The van der Waals surface area contributed by atoms with E-state index in [1.807, 2.05) is 28.8 Å². The molecule has 0 fully saturated rings. The Morgan fingerprint density at radius 1 is 1.19 bits per heavy atom. The van der Waals surface area contributed by atoms with Crippen LogP contribution in [-0.2, 0) is 5.75 Å². The van der Waals surface area contributed by atoms with Crippen LogP contribution in [-0.4, -0.2) is 15.7 Å². The Hall–Kier alpha value is -2.07. The number of aryl methyl sites for hydroxylation is 2. The molecule has 0 atom stereocenters. The molecule has 2 heterocycles. The van der Waals surface area contributed by atoms with E-state index in [1.165, 1.54) is 16.7 Å². The summed E-state index contributed by atoms with van der Waals surface area (Å²) >= 11 is 1.60. The Morgan fingerprint density at radius 3 is 2.67 bits per heavy atom. The van der Waals surface area contributed by atoms with Crippen molar-refractivity contribution < 1.29 is 4.79 Å². The fraction of sp³-hybridized carbons (Fsp3) is 0.176. The van der Waals surface area contributed by atoms with Crippen molar-refractivity contribution in [1.82, 2.24) is 9.38 Å². The number of carbonyl (C=O) groups excluding carboxylic acids is 1. The Labute approximate surface area is 128 Å². The van der Waals surface area contributed by atoms with Gasteiger partial charge < -0.3 is 0 Å². The Morgan fingerprint density at radius 2 is 1.95 bits per heavy atom. The first-order valence-corrected chi connectivity index (χ1v) is 7.78. The summed E-state index contributed by atoms with van der Waals surface area (Å²) in [6, 6.07) is 12.3. The Kier molecular flexibility index (Phi) is 3.80. The van der Waals surface area contributed by atoms with Gasteiger partial charge in [0.1, 0.15) is 16.4 Å². The zero-order valence-corrected chi connectivity index (χ0v) is 12.9. The molecule has 0 radical (unpaired) electrons. The summed E-state index contributed by atoms with van der Waals surface area (Å²) in [5, 5.41) is 0.787. The minimum Gasteiger partial charge on any atom is -0.296 e. The largest absolute Gasteiger partial charge is 0.296 e. The van der Waals surface area contributed by atoms with E-state index in [-0.39, 0.29) is 0 Å². The highest BCUT2D eigenvalue weighted by Gasteiger charge is 2.11. The van der Waals surface area contributed by atoms with Gasteiger partial charge in [0, 0.05) is 11.9 Å². The van der Waals surface area contributed by atoms with Gasteiger partial charge in [-0.2, -0.15) is 0 Å². The fourth-order valence-electron chi connectivity index (χ4n) is 2.51. The molecule has 0 amide bonds. The number of aldehydes is 1. The standard InChI is InChI=1S/C17H16N2OS/c1-12-7-13(2)9-14(8-12)11-21-17-15(10-20)19-6-4-3-5-16(19)18-17/h3-10H,11H2,1-2H3. The summed E-state index contributed by atoms with van der Waals surface area (Å²) in [4.78, 5) is 15.9. The van der Waals surface area contributed by atoms with Gasteiger partial charge in [-0.3, -0.25) is 9.20 Å². The minimum absolute atomic E-state index is 0.625. The molecule has 3 nitrogen and oxygen atoms in total. The zero-order chi connectivity index (χ0) is 14.8. The molecular formula is C17H16N2OS. The van der Waals surface area contributed by atoms with E-state index in [4.69, 9.17) is 0 Å². The molecule has 0 aliphatic carbocycles. The lowest BCUT2D eigenvalue weighted by molar-refractivity contribution is 0.111. The summed E-state index contributed by atoms with van der Waals surface area (Å²) in [6.45, 7) is 4.20. The average Bonchev–Trinajstić information content (AvgIpc) is 2.81. The number of rotatable bonds is 4. The van der Waals surface area contributed by atoms with Crippen molar-refractivity contribution in [3.05, 3.63) is 65.0 Å². The number of imidazole rings is 1. The number of hydrogen-bond acceptors (Lipinski definition) is 3. The smallest absolute Gasteiger partial charge is 0.169 e. The predicted octanol–water partition coefficient (Wildman–Crippen LogP) is 4.06. The molecule has 106 valence electrons. The Balaban J connectivity index is 1.89. The fourth-order valence-corrected chi connectivity index (χ4v) is 3.43. The molecular weight excluding hydrogens is 280 g/mol. The first kappa shape index (κ1) is 13.9. The number of benzene rings is 1. The summed E-state index contributed by atoms with van der Waals surface area (Å²) in [7, 11) is 0. The maximum atomic E-state index is 11.3. The number of pyridine rings is 1. The van der Waals surface area contributed by atoms with Crippen LogP contribution in [0.4, 0.5) is 0 Å². The van der Waals surface area contributed by atoms with Crippen molar-refractivity contribution in [1.29, 1.82) is 0 Å². The second kappa shape index (κ2) is 5.74. The lowest BCUT2D eigenvalue weighted by atomic mass is 10.1. The second-order valence-corrected chi connectivity index (χ2v) is 6.10. The molecule has 0 unspecified atom stereocenters. The van der Waals surface area contributed by atoms with Gasteiger partial charge in [-0.25, -0.2) is 4.98 Å². The average molecular weight is 296 g/mol. The van der Waals surface area contributed by atoms with Crippen molar-refractivity contribution in [2.24, 2.45) is 0 Å². The van der Waals surface area contributed by atoms with Crippen LogP contribution >= 0.6 is 11.8 Å². The van der Waals surface area contributed by atoms with Crippen LogP contribution in [0, 0.1) is 13.8 Å². The van der Waals surface area contributed by atoms with E-state index in [1.54, 1.807) is 11.8 Å². The van der Waals surface area contributed by atoms with Gasteiger partial charge in [0.05, 0.1) is 0 Å². The normalized spacial score (nSPS) is 11.0. The molecule has 0 spiro atoms. The topological polar surface area (TPSA) is 34.4 Å². The number of hydrogen-bond donors (Lipinski definition) is 0. The number of thioether (sulfide) groups is 1. The van der Waals surface area contributed by atoms with Gasteiger partial charge in [-0.15, -0.1) is 0 Å². The molecule has 3 rings (SSSR count). The van der Waals surface area contributed by atoms with Gasteiger partial charge in [0.25, 0.3) is 0 Å². The Bertz CT molecular complexity index is 787. The summed E-state index contributed by atoms with van der Waals surface area (Å²) in [6.07, 6.45) is 2.75. The number of nitrogens with zero attached hydrogens (tertiary/aromatic N) is 2. The van der Waals surface area contributed by atoms with Crippen LogP contribution < -0.4 is 0 Å². The van der Waals surface area contributed by atoms with Crippen molar-refractivity contribution in [2.75, 3.05) is 0 Å². The van der Waals surface area contributed by atoms with Crippen molar-refractivity contribution in [3.8, 4) is 0 Å². The predicted molar refractivity (Wildman–Crippen MR) is 86.1 cm³/mol. The molecule has 0 saturated heterocycles. The number of fused-ring (bicyclic) bond motifs is 1. The van der Waals surface area contributed by atoms with E-state index in [2.05, 4.69) is 37.0 Å². The molecule has 4 heteroatoms. The van der Waals surface area contributed by atoms with E-state index >= 15 is 0 Å². The van der Waals surface area contributed by atoms with Crippen LogP contribution in [0.2, 0.25) is 0 Å². The third-order valence-electron chi connectivity index (χ3n) is 3.30. The third kappa shape index (κ3) is 2.85. The van der Waals surface area contributed by atoms with Crippen molar-refractivity contribution >= 4 is 23.7 Å². The SMILES string of the molecule is Cc1cc(C)cc(CSc2nc3ccccn3c2C=O)c1. The number of aromatic nitrogens is 2. The monoisotopic (exact) mass is 296 g/mol. The molecule has 0 N–H and O–H groups in total. The summed E-state index contributed by atoms with van der Waals surface area (Å²) < 4.78 is 1.83. The van der Waals surface area contributed by atoms with Crippen LogP contribution in [0.15, 0.2) is 47.6 Å². The summed E-state index contributed by atoms with van der Waals surface area (Å²) in [5.74, 6) is 0.813. The highest BCUT2D eigenvalue weighted by Crippen LogP contribution is 2.26. The zero-order valence-electron chi connectivity index (χ0n) is 12.0. The van der Waals surface area contributed by atoms with E-state index in [9.17, 15) is 4.79 Å². The molecule has 2 aromatic heterocycles. The van der Waals surface area contributed by atoms with Crippen molar-refractivity contribution in [2.45, 2.75) is 24.6 Å². The van der Waals surface area contributed by atoms with Crippen molar-refractivity contribution in [3.63, 3.8) is 0 Å². The minimum atomic E-state index is 0.625. The van der Waals surface area contributed by atoms with Gasteiger partial charge >= 0.3 is 0 Å². The van der Waals surface area contributed by atoms with Crippen LogP contribution in [0.25, 0.3) is 5.65 Å². The third-order valence-corrected chi connectivity index (χ3v) is 4.35. The van der Waals surface area contributed by atoms with E-state index in [0.717, 1.165) is 22.7 Å². The second-order valence-electron chi connectivity index (χ2n) is 5.13. The molecule has 1 aromatic carbocycles. The molecule has 0 saturated carbocycles. The summed E-state index contributed by atoms with van der Waals surface area (Å²) in [5.41, 5.74) is 5.21. The lowest BCUT2D eigenvalue weighted by Crippen LogP contribution is -1.91. The first-order chi connectivity index (χ1) is 10.2.